The minimum absolute atomic E-state index is 0.0661. The SMILES string of the molecule is CCCCCCCCCCC(CCCCCCCCCC)CN1C(=O)C(c2ccc(C(C)(C)C)o2)=c2ccc(=Cc3ccc(-c4cc5sc(C(C)(C)C)cc5s4)o3)cc21. The van der Waals surface area contributed by atoms with Crippen LogP contribution < -0.4 is 15.3 Å². The van der Waals surface area contributed by atoms with Gasteiger partial charge in [-0.05, 0) is 77.9 Å². The predicted molar refractivity (Wildman–Crippen MR) is 256 cm³/mol. The van der Waals surface area contributed by atoms with Crippen molar-refractivity contribution in [3.8, 4) is 10.6 Å². The fourth-order valence-corrected chi connectivity index (χ4v) is 10.9. The molecule has 1 amide bonds. The van der Waals surface area contributed by atoms with Gasteiger partial charge in [-0.3, -0.25) is 4.79 Å². The first kappa shape index (κ1) is 45.2. The normalized spacial score (nSPS) is 13.9. The van der Waals surface area contributed by atoms with E-state index < -0.39 is 0 Å². The first-order valence-electron chi connectivity index (χ1n) is 23.3. The summed E-state index contributed by atoms with van der Waals surface area (Å²) in [5, 5.41) is 2.00. The van der Waals surface area contributed by atoms with E-state index in [2.05, 4.69) is 109 Å². The Labute approximate surface area is 364 Å². The maximum atomic E-state index is 14.7. The molecule has 4 aromatic heterocycles. The highest BCUT2D eigenvalue weighted by Crippen LogP contribution is 2.42. The molecule has 59 heavy (non-hydrogen) atoms. The lowest BCUT2D eigenvalue weighted by atomic mass is 9.93. The molecule has 0 aliphatic carbocycles. The maximum Gasteiger partial charge on any atom is 0.262 e. The molecule has 5 heterocycles. The van der Waals surface area contributed by atoms with Gasteiger partial charge in [-0.25, -0.2) is 0 Å². The summed E-state index contributed by atoms with van der Waals surface area (Å²) in [6.45, 7) is 18.6. The molecule has 0 saturated carbocycles. The topological polar surface area (TPSA) is 46.6 Å². The van der Waals surface area contributed by atoms with Gasteiger partial charge >= 0.3 is 0 Å². The van der Waals surface area contributed by atoms with Gasteiger partial charge in [0.2, 0.25) is 0 Å². The number of rotatable bonds is 23. The zero-order valence-corrected chi connectivity index (χ0v) is 39.4. The Kier molecular flexibility index (Phi) is 16.0. The largest absolute Gasteiger partial charge is 0.460 e. The van der Waals surface area contributed by atoms with Crippen LogP contribution in [-0.2, 0) is 15.6 Å². The van der Waals surface area contributed by atoms with Crippen molar-refractivity contribution in [2.24, 2.45) is 5.92 Å². The number of fused-ring (bicyclic) bond motifs is 2. The zero-order valence-electron chi connectivity index (χ0n) is 37.8. The highest BCUT2D eigenvalue weighted by atomic mass is 32.1. The maximum absolute atomic E-state index is 14.7. The molecule has 1 aromatic carbocycles. The van der Waals surface area contributed by atoms with E-state index in [9.17, 15) is 4.79 Å². The third-order valence-electron chi connectivity index (χ3n) is 12.1. The van der Waals surface area contributed by atoms with Crippen molar-refractivity contribution in [1.82, 2.24) is 0 Å². The number of nitrogens with zero attached hydrogens (tertiary/aromatic N) is 1. The van der Waals surface area contributed by atoms with Gasteiger partial charge in [-0.15, -0.1) is 22.7 Å². The monoisotopic (exact) mass is 836 g/mol. The van der Waals surface area contributed by atoms with Gasteiger partial charge in [0.15, 0.2) is 0 Å². The Morgan fingerprint density at radius 3 is 1.80 bits per heavy atom. The summed E-state index contributed by atoms with van der Waals surface area (Å²) in [5.74, 6) is 3.81. The lowest BCUT2D eigenvalue weighted by Crippen LogP contribution is -2.34. The molecular formula is C53H73NO3S2. The van der Waals surface area contributed by atoms with E-state index in [0.29, 0.717) is 17.3 Å². The van der Waals surface area contributed by atoms with Gasteiger partial charge in [-0.1, -0.05) is 170 Å². The quantitative estimate of drug-likeness (QED) is 0.0616. The van der Waals surface area contributed by atoms with Crippen LogP contribution >= 0.6 is 22.7 Å². The van der Waals surface area contributed by atoms with Crippen LogP contribution in [0, 0.1) is 5.92 Å². The number of thiophene rings is 2. The van der Waals surface area contributed by atoms with Crippen molar-refractivity contribution in [2.75, 3.05) is 11.4 Å². The highest BCUT2D eigenvalue weighted by Gasteiger charge is 2.34. The number of hydrogen-bond donors (Lipinski definition) is 0. The van der Waals surface area contributed by atoms with E-state index in [1.807, 2.05) is 23.5 Å². The van der Waals surface area contributed by atoms with Crippen molar-refractivity contribution >= 4 is 55.3 Å². The summed E-state index contributed by atoms with van der Waals surface area (Å²) in [7, 11) is 0. The van der Waals surface area contributed by atoms with Crippen molar-refractivity contribution < 1.29 is 13.6 Å². The summed E-state index contributed by atoms with van der Waals surface area (Å²) in [6, 6.07) is 19.3. The second-order valence-electron chi connectivity index (χ2n) is 19.4. The smallest absolute Gasteiger partial charge is 0.262 e. The fourth-order valence-electron chi connectivity index (χ4n) is 8.50. The first-order chi connectivity index (χ1) is 28.4. The molecule has 1 aliphatic heterocycles. The summed E-state index contributed by atoms with van der Waals surface area (Å²) in [6.07, 6.45) is 25.6. The van der Waals surface area contributed by atoms with Gasteiger partial charge in [0.1, 0.15) is 23.0 Å². The van der Waals surface area contributed by atoms with E-state index in [0.717, 1.165) is 44.8 Å². The number of unbranched alkanes of at least 4 members (excludes halogenated alkanes) is 14. The predicted octanol–water partition coefficient (Wildman–Crippen LogP) is 15.5. The van der Waals surface area contributed by atoms with Crippen LogP contribution in [0.25, 0.3) is 31.7 Å². The lowest BCUT2D eigenvalue weighted by Gasteiger charge is -2.25. The summed E-state index contributed by atoms with van der Waals surface area (Å²) < 4.78 is 15.6. The van der Waals surface area contributed by atoms with E-state index in [4.69, 9.17) is 8.83 Å². The average Bonchev–Trinajstić information content (AvgIpc) is 4.03. The van der Waals surface area contributed by atoms with Crippen molar-refractivity contribution in [2.45, 2.75) is 182 Å². The minimum Gasteiger partial charge on any atom is -0.460 e. The van der Waals surface area contributed by atoms with Crippen LogP contribution in [0.15, 0.2) is 63.4 Å². The molecule has 320 valence electrons. The molecule has 4 nitrogen and oxygen atoms in total. The number of furan rings is 2. The molecule has 0 bridgehead atoms. The fraction of sp³-hybridized carbons (Fsp3) is 0.566. The molecule has 0 radical (unpaired) electrons. The lowest BCUT2D eigenvalue weighted by molar-refractivity contribution is -0.113. The van der Waals surface area contributed by atoms with E-state index in [-0.39, 0.29) is 16.7 Å². The molecule has 0 atom stereocenters. The molecule has 0 unspecified atom stereocenters. The average molecular weight is 836 g/mol. The Bertz CT molecular complexity index is 2160. The minimum atomic E-state index is -0.144. The zero-order chi connectivity index (χ0) is 42.0. The van der Waals surface area contributed by atoms with Crippen molar-refractivity contribution in [3.63, 3.8) is 0 Å². The molecular weight excluding hydrogens is 763 g/mol. The van der Waals surface area contributed by atoms with Gasteiger partial charge < -0.3 is 13.7 Å². The summed E-state index contributed by atoms with van der Waals surface area (Å²) in [4.78, 5) is 19.4. The Balaban J connectivity index is 1.24. The van der Waals surface area contributed by atoms with Crippen LogP contribution in [0.3, 0.4) is 0 Å². The standard InChI is InChI=1S/C53H73NO3S2/c1-9-11-13-15-17-19-21-23-25-38(26-24-22-20-18-16-14-12-10-2)37-54-42-34-39(27-29-41(42)50(51(54)55)44-31-32-48(57-44)52(3,4)5)33-40-28-30-43(56-40)45-35-46-47(58-45)36-49(59-46)53(6,7)8/h27-36,38H,9-26,37H2,1-8H3. The van der Waals surface area contributed by atoms with Crippen LogP contribution in [0.5, 0.6) is 0 Å². The van der Waals surface area contributed by atoms with Gasteiger partial charge in [0.05, 0.1) is 16.1 Å². The number of amides is 1. The van der Waals surface area contributed by atoms with Crippen molar-refractivity contribution in [1.29, 1.82) is 0 Å². The number of benzene rings is 1. The first-order valence-corrected chi connectivity index (χ1v) is 24.9. The Morgan fingerprint density at radius 1 is 0.627 bits per heavy atom. The van der Waals surface area contributed by atoms with E-state index in [1.54, 1.807) is 11.3 Å². The molecule has 0 N–H and O–H groups in total. The van der Waals surface area contributed by atoms with E-state index >= 15 is 0 Å². The van der Waals surface area contributed by atoms with Gasteiger partial charge in [0.25, 0.3) is 5.91 Å². The second kappa shape index (κ2) is 21.0. The Hall–Kier alpha value is -3.35. The number of carbonyl (C=O) groups excluding carboxylic acids is 1. The van der Waals surface area contributed by atoms with Crippen LogP contribution in [0.1, 0.15) is 193 Å². The number of hydrogen-bond acceptors (Lipinski definition) is 5. The van der Waals surface area contributed by atoms with Crippen molar-refractivity contribution in [3.05, 3.63) is 87.2 Å². The van der Waals surface area contributed by atoms with Crippen LogP contribution in [-0.4, -0.2) is 12.5 Å². The molecule has 1 aliphatic rings. The molecule has 5 aromatic rings. The third-order valence-corrected chi connectivity index (χ3v) is 14.9. The molecule has 0 fully saturated rings. The second-order valence-corrected chi connectivity index (χ2v) is 21.6. The summed E-state index contributed by atoms with van der Waals surface area (Å²) in [5.41, 5.74) is 1.69. The van der Waals surface area contributed by atoms with Gasteiger partial charge in [0, 0.05) is 31.5 Å². The Morgan fingerprint density at radius 2 is 1.22 bits per heavy atom. The van der Waals surface area contributed by atoms with Crippen LogP contribution in [0.2, 0.25) is 0 Å². The number of carbonyl (C=O) groups is 1. The molecule has 0 saturated heterocycles. The number of anilines is 1. The molecule has 6 heteroatoms. The van der Waals surface area contributed by atoms with E-state index in [1.165, 1.54) is 130 Å². The van der Waals surface area contributed by atoms with Crippen LogP contribution in [0.4, 0.5) is 5.69 Å². The third kappa shape index (κ3) is 12.2. The molecule has 0 spiro atoms. The highest BCUT2D eigenvalue weighted by molar-refractivity contribution is 7.29. The van der Waals surface area contributed by atoms with Gasteiger partial charge in [-0.2, -0.15) is 0 Å². The molecule has 6 rings (SSSR count). The summed E-state index contributed by atoms with van der Waals surface area (Å²) >= 11 is 3.69.